The number of benzene rings is 2. The van der Waals surface area contributed by atoms with Crippen LogP contribution in [-0.4, -0.2) is 37.4 Å². The van der Waals surface area contributed by atoms with E-state index in [4.69, 9.17) is 9.47 Å². The average molecular weight is 388 g/mol. The van der Waals surface area contributed by atoms with E-state index in [1.54, 1.807) is 11.8 Å². The first-order chi connectivity index (χ1) is 13.1. The Bertz CT molecular complexity index is 746. The number of nitrogens with one attached hydrogen (secondary N) is 1. The fourth-order valence-corrected chi connectivity index (χ4v) is 3.07. The van der Waals surface area contributed by atoms with E-state index >= 15 is 0 Å². The van der Waals surface area contributed by atoms with Crippen molar-refractivity contribution in [3.05, 3.63) is 59.7 Å². The highest BCUT2D eigenvalue weighted by molar-refractivity contribution is 7.99. The fraction of sp³-hybridized carbons (Fsp3) is 0.333. The molecule has 0 aromatic heterocycles. The van der Waals surface area contributed by atoms with E-state index in [9.17, 15) is 9.59 Å². The molecule has 2 aromatic rings. The Hall–Kier alpha value is -2.47. The van der Waals surface area contributed by atoms with Crippen LogP contribution < -0.4 is 10.1 Å². The lowest BCUT2D eigenvalue weighted by Gasteiger charge is -2.10. The largest absolute Gasteiger partial charge is 0.482 e. The van der Waals surface area contributed by atoms with Crippen molar-refractivity contribution < 1.29 is 19.1 Å². The number of carbonyl (C=O) groups excluding carboxylic acids is 2. The topological polar surface area (TPSA) is 64.6 Å². The molecular weight excluding hydrogens is 362 g/mol. The van der Waals surface area contributed by atoms with Gasteiger partial charge in [-0.15, -0.1) is 11.8 Å². The quantitative estimate of drug-likeness (QED) is 0.385. The van der Waals surface area contributed by atoms with Crippen LogP contribution in [0.2, 0.25) is 0 Å². The van der Waals surface area contributed by atoms with Gasteiger partial charge in [0.1, 0.15) is 5.75 Å². The Morgan fingerprint density at radius 3 is 2.52 bits per heavy atom. The molecule has 0 radical (unpaired) electrons. The molecule has 5 nitrogen and oxygen atoms in total. The first-order valence-corrected chi connectivity index (χ1v) is 9.89. The smallest absolute Gasteiger partial charge is 0.344 e. The van der Waals surface area contributed by atoms with Gasteiger partial charge in [0, 0.05) is 17.2 Å². The standard InChI is InChI=1S/C21H25NO4S/c1-3-17-6-4-5-7-19(17)25-15-21(24)26-14-20(23)22-12-13-27-18-10-8-16(2)9-11-18/h4-11H,3,12-15H2,1-2H3,(H,22,23). The van der Waals surface area contributed by atoms with Crippen molar-refractivity contribution in [3.63, 3.8) is 0 Å². The maximum atomic E-state index is 11.7. The van der Waals surface area contributed by atoms with Crippen molar-refractivity contribution in [2.75, 3.05) is 25.5 Å². The maximum Gasteiger partial charge on any atom is 0.344 e. The van der Waals surface area contributed by atoms with Crippen LogP contribution in [0.4, 0.5) is 0 Å². The Balaban J connectivity index is 1.59. The minimum atomic E-state index is -0.565. The number of hydrogen-bond donors (Lipinski definition) is 1. The van der Waals surface area contributed by atoms with E-state index < -0.39 is 5.97 Å². The molecule has 0 spiro atoms. The number of amides is 1. The zero-order valence-corrected chi connectivity index (χ0v) is 16.5. The maximum absolute atomic E-state index is 11.7. The lowest BCUT2D eigenvalue weighted by molar-refractivity contribution is -0.150. The molecule has 1 N–H and O–H groups in total. The van der Waals surface area contributed by atoms with Gasteiger partial charge in [-0.2, -0.15) is 0 Å². The molecule has 6 heteroatoms. The number of esters is 1. The van der Waals surface area contributed by atoms with Gasteiger partial charge in [-0.05, 0) is 37.1 Å². The summed E-state index contributed by atoms with van der Waals surface area (Å²) in [7, 11) is 0. The van der Waals surface area contributed by atoms with Crippen molar-refractivity contribution in [1.82, 2.24) is 5.32 Å². The van der Waals surface area contributed by atoms with E-state index in [0.29, 0.717) is 12.3 Å². The summed E-state index contributed by atoms with van der Waals surface area (Å²) >= 11 is 1.66. The molecule has 0 bridgehead atoms. The molecular formula is C21H25NO4S. The third kappa shape index (κ3) is 7.74. The number of ether oxygens (including phenoxy) is 2. The molecule has 0 atom stereocenters. The lowest BCUT2D eigenvalue weighted by Crippen LogP contribution is -2.31. The summed E-state index contributed by atoms with van der Waals surface area (Å²) in [6.45, 7) is 4.06. The summed E-state index contributed by atoms with van der Waals surface area (Å²) in [4.78, 5) is 24.6. The number of hydrogen-bond acceptors (Lipinski definition) is 5. The van der Waals surface area contributed by atoms with Crippen LogP contribution in [-0.2, 0) is 20.7 Å². The molecule has 2 aromatic carbocycles. The second-order valence-electron chi connectivity index (χ2n) is 5.92. The summed E-state index contributed by atoms with van der Waals surface area (Å²) in [5, 5.41) is 2.73. The summed E-state index contributed by atoms with van der Waals surface area (Å²) in [6.07, 6.45) is 0.814. The van der Waals surface area contributed by atoms with Crippen LogP contribution in [0.5, 0.6) is 5.75 Å². The van der Waals surface area contributed by atoms with Crippen molar-refractivity contribution in [2.45, 2.75) is 25.2 Å². The molecule has 0 unspecified atom stereocenters. The van der Waals surface area contributed by atoms with Crippen LogP contribution in [0, 0.1) is 6.92 Å². The predicted molar refractivity (Wildman–Crippen MR) is 107 cm³/mol. The van der Waals surface area contributed by atoms with E-state index in [1.165, 1.54) is 5.56 Å². The van der Waals surface area contributed by atoms with E-state index in [1.807, 2.05) is 38.1 Å². The molecule has 0 heterocycles. The van der Waals surface area contributed by atoms with Gasteiger partial charge in [0.15, 0.2) is 13.2 Å². The zero-order chi connectivity index (χ0) is 19.5. The van der Waals surface area contributed by atoms with Gasteiger partial charge in [-0.3, -0.25) is 4.79 Å². The molecule has 27 heavy (non-hydrogen) atoms. The second-order valence-corrected chi connectivity index (χ2v) is 7.09. The Kier molecular flexibility index (Phi) is 8.71. The minimum absolute atomic E-state index is 0.215. The molecule has 2 rings (SSSR count). The van der Waals surface area contributed by atoms with Gasteiger partial charge in [0.2, 0.25) is 0 Å². The van der Waals surface area contributed by atoms with Crippen LogP contribution in [0.25, 0.3) is 0 Å². The van der Waals surface area contributed by atoms with E-state index in [2.05, 4.69) is 29.6 Å². The molecule has 0 aliphatic carbocycles. The molecule has 0 aliphatic heterocycles. The van der Waals surface area contributed by atoms with Gasteiger partial charge in [-0.25, -0.2) is 4.79 Å². The van der Waals surface area contributed by atoms with Gasteiger partial charge < -0.3 is 14.8 Å². The van der Waals surface area contributed by atoms with Gasteiger partial charge >= 0.3 is 5.97 Å². The number of thioether (sulfide) groups is 1. The highest BCUT2D eigenvalue weighted by atomic mass is 32.2. The number of aryl methyl sites for hydroxylation is 2. The summed E-state index contributed by atoms with van der Waals surface area (Å²) in [6, 6.07) is 15.8. The van der Waals surface area contributed by atoms with Crippen molar-refractivity contribution >= 4 is 23.6 Å². The number of para-hydroxylation sites is 1. The van der Waals surface area contributed by atoms with Crippen molar-refractivity contribution in [2.24, 2.45) is 0 Å². The lowest BCUT2D eigenvalue weighted by atomic mass is 10.1. The average Bonchev–Trinajstić information content (AvgIpc) is 2.69. The molecule has 0 fully saturated rings. The normalized spacial score (nSPS) is 10.3. The van der Waals surface area contributed by atoms with Crippen molar-refractivity contribution in [3.8, 4) is 5.75 Å². The molecule has 144 valence electrons. The van der Waals surface area contributed by atoms with E-state index in [0.717, 1.165) is 22.6 Å². The molecule has 0 saturated heterocycles. The third-order valence-corrected chi connectivity index (χ3v) is 4.79. The summed E-state index contributed by atoms with van der Waals surface area (Å²) < 4.78 is 10.4. The summed E-state index contributed by atoms with van der Waals surface area (Å²) in [5.74, 6) is 0.529. The van der Waals surface area contributed by atoms with Gasteiger partial charge in [0.25, 0.3) is 5.91 Å². The molecule has 0 aliphatic rings. The highest BCUT2D eigenvalue weighted by Gasteiger charge is 2.09. The van der Waals surface area contributed by atoms with Crippen LogP contribution in [0.1, 0.15) is 18.1 Å². The second kappa shape index (κ2) is 11.3. The van der Waals surface area contributed by atoms with Gasteiger partial charge in [0.05, 0.1) is 0 Å². The summed E-state index contributed by atoms with van der Waals surface area (Å²) in [5.41, 5.74) is 2.24. The molecule has 1 amide bonds. The Morgan fingerprint density at radius 2 is 1.78 bits per heavy atom. The Morgan fingerprint density at radius 1 is 1.04 bits per heavy atom. The number of carbonyl (C=O) groups is 2. The van der Waals surface area contributed by atoms with Crippen LogP contribution >= 0.6 is 11.8 Å². The SMILES string of the molecule is CCc1ccccc1OCC(=O)OCC(=O)NCCSc1ccc(C)cc1. The predicted octanol–water partition coefficient (Wildman–Crippen LogP) is 3.39. The highest BCUT2D eigenvalue weighted by Crippen LogP contribution is 2.18. The van der Waals surface area contributed by atoms with Crippen molar-refractivity contribution in [1.29, 1.82) is 0 Å². The first-order valence-electron chi connectivity index (χ1n) is 8.91. The Labute approximate surface area is 164 Å². The third-order valence-electron chi connectivity index (χ3n) is 3.78. The van der Waals surface area contributed by atoms with Gasteiger partial charge in [-0.1, -0.05) is 42.8 Å². The molecule has 0 saturated carbocycles. The number of rotatable bonds is 10. The van der Waals surface area contributed by atoms with Crippen LogP contribution in [0.15, 0.2) is 53.4 Å². The monoisotopic (exact) mass is 387 g/mol. The zero-order valence-electron chi connectivity index (χ0n) is 15.7. The van der Waals surface area contributed by atoms with Crippen LogP contribution in [0.3, 0.4) is 0 Å². The fourth-order valence-electron chi connectivity index (χ4n) is 2.31. The van der Waals surface area contributed by atoms with E-state index in [-0.39, 0.29) is 19.1 Å². The minimum Gasteiger partial charge on any atom is -0.482 e. The first kappa shape index (κ1) is 20.8.